The van der Waals surface area contributed by atoms with Crippen LogP contribution in [0.1, 0.15) is 48.5 Å². The second-order valence-electron chi connectivity index (χ2n) is 7.07. The Morgan fingerprint density at radius 2 is 1.35 bits per heavy atom. The molecule has 0 saturated heterocycles. The molecule has 1 N–H and O–H groups in total. The minimum atomic E-state index is -1.53. The largest absolute Gasteiger partial charge is 0.329 e. The van der Waals surface area contributed by atoms with Gasteiger partial charge in [0.1, 0.15) is 8.24 Å². The van der Waals surface area contributed by atoms with Gasteiger partial charge in [0.25, 0.3) is 0 Å². The van der Waals surface area contributed by atoms with Crippen LogP contribution < -0.4 is 4.98 Å². The van der Waals surface area contributed by atoms with Crippen LogP contribution in [-0.4, -0.2) is 13.8 Å². The molecule has 118 valence electrons. The van der Waals surface area contributed by atoms with Crippen LogP contribution in [0, 0.1) is 5.92 Å². The van der Waals surface area contributed by atoms with Crippen LogP contribution in [0.4, 0.5) is 0 Å². The van der Waals surface area contributed by atoms with Crippen molar-refractivity contribution in [3.63, 3.8) is 0 Å². The first kappa shape index (κ1) is 26.0. The van der Waals surface area contributed by atoms with Gasteiger partial charge < -0.3 is 4.98 Å². The number of allylic oxidation sites excluding steroid dienone is 4. The average Bonchev–Trinajstić information content (AvgIpc) is 2.27. The first-order valence-electron chi connectivity index (χ1n) is 6.65. The van der Waals surface area contributed by atoms with Gasteiger partial charge >= 0.3 is 0 Å². The van der Waals surface area contributed by atoms with Gasteiger partial charge in [0.15, 0.2) is 0 Å². The number of hydrogen-bond donors (Lipinski definition) is 1. The van der Waals surface area contributed by atoms with Crippen LogP contribution in [0.25, 0.3) is 0 Å². The summed E-state index contributed by atoms with van der Waals surface area (Å²) in [6.07, 6.45) is 0. The third-order valence-electron chi connectivity index (χ3n) is 4.00. The Bertz CT molecular complexity index is 395. The van der Waals surface area contributed by atoms with Crippen molar-refractivity contribution in [1.82, 2.24) is 4.98 Å². The Hall–Kier alpha value is 1.12. The van der Waals surface area contributed by atoms with Gasteiger partial charge in [-0.15, -0.1) is 24.8 Å². The predicted molar refractivity (Wildman–Crippen MR) is 95.1 cm³/mol. The van der Waals surface area contributed by atoms with Crippen molar-refractivity contribution in [2.45, 2.75) is 67.1 Å². The molecule has 5 heteroatoms. The standard InChI is InChI=1S/C15H29NSi.2ClH.Zr/c1-10-11(2)13(4)14(12(10)3)17(8,9)16-15(5,6)7;;;/h12,16H,1-9H3;2*1H;. The molecular formula is C15H31Cl2NSiZr. The molecule has 0 fully saturated rings. The molecule has 1 aliphatic carbocycles. The molecule has 0 bridgehead atoms. The molecule has 1 rings (SSSR count). The van der Waals surface area contributed by atoms with Crippen LogP contribution in [0.2, 0.25) is 13.1 Å². The SMILES string of the molecule is CC1=C(C)C(C)C([Si](C)(C)NC(C)(C)C)=C1C.Cl.Cl.[Zr]. The van der Waals surface area contributed by atoms with Gasteiger partial charge in [-0.1, -0.05) is 36.4 Å². The topological polar surface area (TPSA) is 12.0 Å². The van der Waals surface area contributed by atoms with E-state index in [1.807, 2.05) is 0 Å². The summed E-state index contributed by atoms with van der Waals surface area (Å²) in [6, 6.07) is 0. The first-order valence-corrected chi connectivity index (χ1v) is 9.65. The van der Waals surface area contributed by atoms with Crippen molar-refractivity contribution in [3.05, 3.63) is 21.9 Å². The molecule has 0 saturated carbocycles. The molecule has 1 atom stereocenters. The van der Waals surface area contributed by atoms with Crippen LogP contribution in [0.3, 0.4) is 0 Å². The fraction of sp³-hybridized carbons (Fsp3) is 0.733. The Morgan fingerprint density at radius 1 is 0.950 bits per heavy atom. The molecule has 0 aromatic heterocycles. The number of hydrogen-bond acceptors (Lipinski definition) is 1. The molecule has 0 radical (unpaired) electrons. The van der Waals surface area contributed by atoms with Crippen LogP contribution in [-0.2, 0) is 26.2 Å². The molecule has 0 heterocycles. The maximum absolute atomic E-state index is 3.89. The summed E-state index contributed by atoms with van der Waals surface area (Å²) in [4.78, 5) is 3.89. The fourth-order valence-electron chi connectivity index (χ4n) is 3.38. The third-order valence-corrected chi connectivity index (χ3v) is 7.53. The second kappa shape index (κ2) is 8.67. The van der Waals surface area contributed by atoms with E-state index < -0.39 is 8.24 Å². The molecule has 1 nitrogen and oxygen atoms in total. The maximum atomic E-state index is 3.89. The molecule has 0 amide bonds. The predicted octanol–water partition coefficient (Wildman–Crippen LogP) is 5.26. The Morgan fingerprint density at radius 3 is 1.60 bits per heavy atom. The van der Waals surface area contributed by atoms with E-state index in [0.29, 0.717) is 5.92 Å². The van der Waals surface area contributed by atoms with Gasteiger partial charge in [0.05, 0.1) is 0 Å². The first-order chi connectivity index (χ1) is 7.47. The minimum Gasteiger partial charge on any atom is -0.329 e. The van der Waals surface area contributed by atoms with E-state index in [4.69, 9.17) is 0 Å². The molecule has 0 aliphatic heterocycles. The van der Waals surface area contributed by atoms with Crippen molar-refractivity contribution in [3.8, 4) is 0 Å². The van der Waals surface area contributed by atoms with Crippen LogP contribution in [0.5, 0.6) is 0 Å². The van der Waals surface area contributed by atoms with Crippen LogP contribution in [0.15, 0.2) is 21.9 Å². The van der Waals surface area contributed by atoms with Gasteiger partial charge in [-0.05, 0) is 53.0 Å². The maximum Gasteiger partial charge on any atom is 0.148 e. The zero-order chi connectivity index (χ0) is 13.6. The van der Waals surface area contributed by atoms with E-state index in [1.54, 1.807) is 16.3 Å². The molecule has 0 spiro atoms. The monoisotopic (exact) mass is 413 g/mol. The quantitative estimate of drug-likeness (QED) is 0.607. The zero-order valence-corrected chi connectivity index (χ0v) is 19.5. The van der Waals surface area contributed by atoms with E-state index in [1.165, 1.54) is 5.57 Å². The smallest absolute Gasteiger partial charge is 0.148 e. The van der Waals surface area contributed by atoms with Gasteiger partial charge in [0.2, 0.25) is 0 Å². The zero-order valence-electron chi connectivity index (χ0n) is 14.4. The van der Waals surface area contributed by atoms with Crippen molar-refractivity contribution in [2.75, 3.05) is 0 Å². The number of nitrogens with one attached hydrogen (secondary N) is 1. The molecule has 1 unspecified atom stereocenters. The summed E-state index contributed by atoms with van der Waals surface area (Å²) in [5.74, 6) is 0.631. The van der Waals surface area contributed by atoms with Gasteiger partial charge in [-0.3, -0.25) is 0 Å². The fourth-order valence-corrected chi connectivity index (χ4v) is 7.81. The van der Waals surface area contributed by atoms with Crippen LogP contribution >= 0.6 is 24.8 Å². The Kier molecular flexibility index (Phi) is 11.3. The molecule has 20 heavy (non-hydrogen) atoms. The molecular weight excluding hydrogens is 384 g/mol. The number of rotatable bonds is 2. The Balaban J connectivity index is -0.000000963. The van der Waals surface area contributed by atoms with Crippen molar-refractivity contribution >= 4 is 33.0 Å². The summed E-state index contributed by atoms with van der Waals surface area (Å²) in [5.41, 5.74) is 4.83. The van der Waals surface area contributed by atoms with E-state index in [9.17, 15) is 0 Å². The average molecular weight is 416 g/mol. The van der Waals surface area contributed by atoms with Crippen molar-refractivity contribution in [1.29, 1.82) is 0 Å². The summed E-state index contributed by atoms with van der Waals surface area (Å²) in [7, 11) is -1.53. The number of halogens is 2. The Labute approximate surface area is 158 Å². The van der Waals surface area contributed by atoms with Gasteiger partial charge in [-0.2, -0.15) is 0 Å². The van der Waals surface area contributed by atoms with E-state index in [0.717, 1.165) is 0 Å². The molecule has 0 aromatic rings. The summed E-state index contributed by atoms with van der Waals surface area (Å²) in [5, 5.41) is 1.70. The normalized spacial score (nSPS) is 19.4. The summed E-state index contributed by atoms with van der Waals surface area (Å²) >= 11 is 0. The van der Waals surface area contributed by atoms with E-state index in [-0.39, 0.29) is 56.6 Å². The summed E-state index contributed by atoms with van der Waals surface area (Å²) in [6.45, 7) is 20.9. The van der Waals surface area contributed by atoms with Crippen molar-refractivity contribution < 1.29 is 26.2 Å². The molecule has 1 aliphatic rings. The second-order valence-corrected chi connectivity index (χ2v) is 11.1. The van der Waals surface area contributed by atoms with E-state index in [2.05, 4.69) is 66.5 Å². The molecule has 0 aromatic carbocycles. The van der Waals surface area contributed by atoms with Gasteiger partial charge in [0, 0.05) is 31.7 Å². The van der Waals surface area contributed by atoms with Crippen molar-refractivity contribution in [2.24, 2.45) is 5.92 Å². The third kappa shape index (κ3) is 5.72. The minimum absolute atomic E-state index is 0. The van der Waals surface area contributed by atoms with Gasteiger partial charge in [-0.25, -0.2) is 0 Å². The summed E-state index contributed by atoms with van der Waals surface area (Å²) < 4.78 is 0. The van der Waals surface area contributed by atoms with E-state index >= 15 is 0 Å².